The van der Waals surface area contributed by atoms with E-state index in [2.05, 4.69) is 15.3 Å². The van der Waals surface area contributed by atoms with Crippen LogP contribution in [-0.4, -0.2) is 15.9 Å². The van der Waals surface area contributed by atoms with E-state index in [0.29, 0.717) is 23.0 Å². The molecule has 4 rings (SSSR count). The van der Waals surface area contributed by atoms with Gasteiger partial charge in [-0.3, -0.25) is 4.79 Å². The molecule has 154 valence electrons. The zero-order valence-corrected chi connectivity index (χ0v) is 17.4. The van der Waals surface area contributed by atoms with Crippen LogP contribution in [0.5, 0.6) is 11.6 Å². The second-order valence-electron chi connectivity index (χ2n) is 7.32. The predicted molar refractivity (Wildman–Crippen MR) is 121 cm³/mol. The third-order valence-electron chi connectivity index (χ3n) is 4.93. The summed E-state index contributed by atoms with van der Waals surface area (Å²) in [5.41, 5.74) is 3.65. The fourth-order valence-corrected chi connectivity index (χ4v) is 3.14. The minimum Gasteiger partial charge on any atom is -0.439 e. The number of nitrogens with one attached hydrogen (secondary N) is 1. The van der Waals surface area contributed by atoms with Crippen LogP contribution >= 0.6 is 0 Å². The molecule has 0 fully saturated rings. The molecule has 1 aromatic heterocycles. The van der Waals surface area contributed by atoms with Crippen LogP contribution in [0.3, 0.4) is 0 Å². The molecule has 0 aliphatic rings. The maximum absolute atomic E-state index is 12.6. The van der Waals surface area contributed by atoms with Gasteiger partial charge in [-0.15, -0.1) is 0 Å². The highest BCUT2D eigenvalue weighted by atomic mass is 16.5. The molecule has 5 heteroatoms. The van der Waals surface area contributed by atoms with Crippen LogP contribution in [0.2, 0.25) is 0 Å². The van der Waals surface area contributed by atoms with Gasteiger partial charge in [0, 0.05) is 23.4 Å². The van der Waals surface area contributed by atoms with E-state index in [1.165, 1.54) is 5.56 Å². The lowest BCUT2D eigenvalue weighted by Gasteiger charge is -2.15. The highest BCUT2D eigenvalue weighted by Crippen LogP contribution is 2.22. The van der Waals surface area contributed by atoms with Crippen molar-refractivity contribution in [1.82, 2.24) is 15.3 Å². The van der Waals surface area contributed by atoms with Crippen molar-refractivity contribution in [2.45, 2.75) is 19.9 Å². The van der Waals surface area contributed by atoms with E-state index in [-0.39, 0.29) is 11.9 Å². The minimum atomic E-state index is -0.123. The van der Waals surface area contributed by atoms with Crippen LogP contribution in [0, 0.1) is 6.92 Å². The van der Waals surface area contributed by atoms with Gasteiger partial charge in [0.05, 0.1) is 6.04 Å². The standard InChI is InChI=1S/C26H23N3O2/c1-18-8-10-20(11-9-18)19(2)28-26(30)22-14-12-21(13-15-22)25-27-17-16-24(29-25)31-23-6-4-3-5-7-23/h3-17,19H,1-2H3,(H,28,30)/t19-/m0/s1. The number of aromatic nitrogens is 2. The predicted octanol–water partition coefficient (Wildman–Crippen LogP) is 5.74. The van der Waals surface area contributed by atoms with Crippen molar-refractivity contribution in [3.63, 3.8) is 0 Å². The topological polar surface area (TPSA) is 64.1 Å². The van der Waals surface area contributed by atoms with Crippen LogP contribution in [0.1, 0.15) is 34.5 Å². The smallest absolute Gasteiger partial charge is 0.251 e. The normalized spacial score (nSPS) is 11.5. The van der Waals surface area contributed by atoms with E-state index in [1.807, 2.05) is 80.6 Å². The number of carbonyl (C=O) groups is 1. The lowest BCUT2D eigenvalue weighted by atomic mass is 10.1. The molecule has 0 spiro atoms. The van der Waals surface area contributed by atoms with Gasteiger partial charge in [-0.2, -0.15) is 4.98 Å². The molecule has 1 amide bonds. The van der Waals surface area contributed by atoms with Gasteiger partial charge in [-0.05, 0) is 43.7 Å². The SMILES string of the molecule is Cc1ccc([C@H](C)NC(=O)c2ccc(-c3nccc(Oc4ccccc4)n3)cc2)cc1. The molecule has 0 saturated heterocycles. The molecule has 5 nitrogen and oxygen atoms in total. The molecule has 1 atom stereocenters. The first-order valence-corrected chi connectivity index (χ1v) is 10.1. The quantitative estimate of drug-likeness (QED) is 0.441. The number of nitrogens with zero attached hydrogens (tertiary/aromatic N) is 2. The molecule has 4 aromatic rings. The van der Waals surface area contributed by atoms with E-state index in [9.17, 15) is 4.79 Å². The average molecular weight is 409 g/mol. The second kappa shape index (κ2) is 9.22. The van der Waals surface area contributed by atoms with Gasteiger partial charge in [0.15, 0.2) is 5.82 Å². The van der Waals surface area contributed by atoms with E-state index >= 15 is 0 Å². The third kappa shape index (κ3) is 5.14. The number of ether oxygens (including phenoxy) is 1. The first-order valence-electron chi connectivity index (χ1n) is 10.1. The monoisotopic (exact) mass is 409 g/mol. The molecular weight excluding hydrogens is 386 g/mol. The zero-order chi connectivity index (χ0) is 21.6. The van der Waals surface area contributed by atoms with Crippen molar-refractivity contribution < 1.29 is 9.53 Å². The zero-order valence-electron chi connectivity index (χ0n) is 17.4. The fourth-order valence-electron chi connectivity index (χ4n) is 3.14. The molecule has 0 unspecified atom stereocenters. The Balaban J connectivity index is 1.44. The number of amides is 1. The van der Waals surface area contributed by atoms with Crippen molar-refractivity contribution in [1.29, 1.82) is 0 Å². The Morgan fingerprint density at radius 3 is 2.32 bits per heavy atom. The third-order valence-corrected chi connectivity index (χ3v) is 4.93. The Kier molecular flexibility index (Phi) is 6.03. The summed E-state index contributed by atoms with van der Waals surface area (Å²) >= 11 is 0. The molecule has 0 bridgehead atoms. The number of para-hydroxylation sites is 1. The van der Waals surface area contributed by atoms with Crippen molar-refractivity contribution >= 4 is 5.91 Å². The Labute approximate surface area is 181 Å². The van der Waals surface area contributed by atoms with Gasteiger partial charge >= 0.3 is 0 Å². The molecule has 1 N–H and O–H groups in total. The Hall–Kier alpha value is -3.99. The molecular formula is C26H23N3O2. The summed E-state index contributed by atoms with van der Waals surface area (Å²) in [6.07, 6.45) is 1.66. The Bertz CT molecular complexity index is 1160. The first-order chi connectivity index (χ1) is 15.1. The van der Waals surface area contributed by atoms with Gasteiger partial charge in [-0.1, -0.05) is 60.2 Å². The van der Waals surface area contributed by atoms with E-state index in [1.54, 1.807) is 24.4 Å². The highest BCUT2D eigenvalue weighted by Gasteiger charge is 2.12. The van der Waals surface area contributed by atoms with Crippen LogP contribution in [0.4, 0.5) is 0 Å². The molecule has 3 aromatic carbocycles. The maximum atomic E-state index is 12.6. The summed E-state index contributed by atoms with van der Waals surface area (Å²) in [5.74, 6) is 1.59. The van der Waals surface area contributed by atoms with Crippen molar-refractivity contribution in [3.05, 3.63) is 108 Å². The summed E-state index contributed by atoms with van der Waals surface area (Å²) in [6.45, 7) is 4.02. The first kappa shape index (κ1) is 20.3. The molecule has 0 radical (unpaired) electrons. The Morgan fingerprint density at radius 1 is 0.903 bits per heavy atom. The van der Waals surface area contributed by atoms with Crippen LogP contribution < -0.4 is 10.1 Å². The molecule has 31 heavy (non-hydrogen) atoms. The maximum Gasteiger partial charge on any atom is 0.251 e. The highest BCUT2D eigenvalue weighted by molar-refractivity contribution is 5.94. The molecule has 0 saturated carbocycles. The van der Waals surface area contributed by atoms with E-state index < -0.39 is 0 Å². The second-order valence-corrected chi connectivity index (χ2v) is 7.32. The van der Waals surface area contributed by atoms with Crippen molar-refractivity contribution in [2.75, 3.05) is 0 Å². The summed E-state index contributed by atoms with van der Waals surface area (Å²) in [5, 5.41) is 3.04. The number of aryl methyl sites for hydroxylation is 1. The largest absolute Gasteiger partial charge is 0.439 e. The molecule has 0 aliphatic heterocycles. The van der Waals surface area contributed by atoms with Gasteiger partial charge in [0.2, 0.25) is 5.88 Å². The van der Waals surface area contributed by atoms with E-state index in [0.717, 1.165) is 11.1 Å². The van der Waals surface area contributed by atoms with Crippen molar-refractivity contribution in [3.8, 4) is 23.0 Å². The van der Waals surface area contributed by atoms with Crippen LogP contribution in [0.15, 0.2) is 91.1 Å². The summed E-state index contributed by atoms with van der Waals surface area (Å²) < 4.78 is 5.78. The van der Waals surface area contributed by atoms with E-state index in [4.69, 9.17) is 4.74 Å². The lowest BCUT2D eigenvalue weighted by molar-refractivity contribution is 0.0940. The summed E-state index contributed by atoms with van der Waals surface area (Å²) in [6, 6.07) is 26.5. The number of hydrogen-bond donors (Lipinski definition) is 1. The van der Waals surface area contributed by atoms with Gasteiger partial charge < -0.3 is 10.1 Å². The average Bonchev–Trinajstić information content (AvgIpc) is 2.80. The number of hydrogen-bond acceptors (Lipinski definition) is 4. The van der Waals surface area contributed by atoms with Gasteiger partial charge in [-0.25, -0.2) is 4.98 Å². The molecule has 0 aliphatic carbocycles. The molecule has 1 heterocycles. The number of benzene rings is 3. The lowest BCUT2D eigenvalue weighted by Crippen LogP contribution is -2.26. The van der Waals surface area contributed by atoms with Gasteiger partial charge in [0.1, 0.15) is 5.75 Å². The number of rotatable bonds is 6. The fraction of sp³-hybridized carbons (Fsp3) is 0.115. The van der Waals surface area contributed by atoms with Crippen LogP contribution in [-0.2, 0) is 0 Å². The van der Waals surface area contributed by atoms with Crippen molar-refractivity contribution in [2.24, 2.45) is 0 Å². The Morgan fingerprint density at radius 2 is 1.61 bits per heavy atom. The van der Waals surface area contributed by atoms with Gasteiger partial charge in [0.25, 0.3) is 5.91 Å². The minimum absolute atomic E-state index is 0.0806. The van der Waals surface area contributed by atoms with Crippen LogP contribution in [0.25, 0.3) is 11.4 Å². The summed E-state index contributed by atoms with van der Waals surface area (Å²) in [4.78, 5) is 21.4. The summed E-state index contributed by atoms with van der Waals surface area (Å²) in [7, 11) is 0. The number of carbonyl (C=O) groups excluding carboxylic acids is 1.